The summed E-state index contributed by atoms with van der Waals surface area (Å²) in [5.41, 5.74) is 0.659. The second kappa shape index (κ2) is 6.28. The average Bonchev–Trinajstić information content (AvgIpc) is 2.24. The molecule has 16 heavy (non-hydrogen) atoms. The molecule has 1 rings (SSSR count). The predicted octanol–water partition coefficient (Wildman–Crippen LogP) is 3.45. The fraction of sp³-hybridized carbons (Fsp3) is 0.250. The van der Waals surface area contributed by atoms with Gasteiger partial charge in [0.1, 0.15) is 5.82 Å². The lowest BCUT2D eigenvalue weighted by molar-refractivity contribution is -0.142. The first-order valence-corrected chi connectivity index (χ1v) is 5.28. The second-order valence-corrected chi connectivity index (χ2v) is 3.49. The Kier molecular flexibility index (Phi) is 4.99. The highest BCUT2D eigenvalue weighted by molar-refractivity contribution is 6.30. The largest absolute Gasteiger partial charge is 0.466 e. The van der Waals surface area contributed by atoms with E-state index in [1.54, 1.807) is 25.1 Å². The monoisotopic (exact) mass is 242 g/mol. The van der Waals surface area contributed by atoms with Crippen LogP contribution in [0.25, 0.3) is 6.08 Å². The van der Waals surface area contributed by atoms with E-state index >= 15 is 0 Å². The SMILES string of the molecule is CCOC(=O)CC=Cc1ccc(Cl)c(F)c1. The molecule has 86 valence electrons. The van der Waals surface area contributed by atoms with E-state index in [1.165, 1.54) is 12.1 Å². The highest BCUT2D eigenvalue weighted by Gasteiger charge is 1.99. The van der Waals surface area contributed by atoms with E-state index in [9.17, 15) is 9.18 Å². The number of ether oxygens (including phenoxy) is 1. The van der Waals surface area contributed by atoms with E-state index < -0.39 is 5.82 Å². The Labute approximate surface area is 98.7 Å². The van der Waals surface area contributed by atoms with Gasteiger partial charge in [-0.2, -0.15) is 0 Å². The summed E-state index contributed by atoms with van der Waals surface area (Å²) in [6.45, 7) is 2.11. The number of hydrogen-bond acceptors (Lipinski definition) is 2. The molecule has 0 fully saturated rings. The van der Waals surface area contributed by atoms with Crippen LogP contribution in [0.3, 0.4) is 0 Å². The fourth-order valence-electron chi connectivity index (χ4n) is 1.13. The van der Waals surface area contributed by atoms with Crippen molar-refractivity contribution in [3.8, 4) is 0 Å². The molecule has 4 heteroatoms. The van der Waals surface area contributed by atoms with Gasteiger partial charge in [0.2, 0.25) is 0 Å². The van der Waals surface area contributed by atoms with E-state index in [2.05, 4.69) is 0 Å². The van der Waals surface area contributed by atoms with Gasteiger partial charge in [-0.3, -0.25) is 4.79 Å². The maximum atomic E-state index is 13.0. The standard InChI is InChI=1S/C12H12ClFO2/c1-2-16-12(15)5-3-4-9-6-7-10(13)11(14)8-9/h3-4,6-8H,2,5H2,1H3. The third kappa shape index (κ3) is 4.03. The number of esters is 1. The van der Waals surface area contributed by atoms with Crippen molar-refractivity contribution in [2.24, 2.45) is 0 Å². The predicted molar refractivity (Wildman–Crippen MR) is 61.7 cm³/mol. The van der Waals surface area contributed by atoms with Gasteiger partial charge in [-0.15, -0.1) is 0 Å². The van der Waals surface area contributed by atoms with Gasteiger partial charge in [-0.25, -0.2) is 4.39 Å². The lowest BCUT2D eigenvalue weighted by atomic mass is 10.2. The van der Waals surface area contributed by atoms with E-state index in [4.69, 9.17) is 16.3 Å². The molecule has 0 aromatic heterocycles. The molecule has 0 saturated carbocycles. The van der Waals surface area contributed by atoms with Crippen molar-refractivity contribution in [1.82, 2.24) is 0 Å². The quantitative estimate of drug-likeness (QED) is 0.756. The minimum absolute atomic E-state index is 0.0857. The molecule has 2 nitrogen and oxygen atoms in total. The average molecular weight is 243 g/mol. The molecule has 0 aliphatic carbocycles. The van der Waals surface area contributed by atoms with E-state index in [0.717, 1.165) is 0 Å². The van der Waals surface area contributed by atoms with Crippen LogP contribution in [0.5, 0.6) is 0 Å². The zero-order valence-corrected chi connectivity index (χ0v) is 9.63. The topological polar surface area (TPSA) is 26.3 Å². The van der Waals surface area contributed by atoms with Gasteiger partial charge in [-0.1, -0.05) is 29.8 Å². The zero-order chi connectivity index (χ0) is 12.0. The fourth-order valence-corrected chi connectivity index (χ4v) is 1.24. The summed E-state index contributed by atoms with van der Waals surface area (Å²) in [5.74, 6) is -0.770. The van der Waals surface area contributed by atoms with Crippen molar-refractivity contribution < 1.29 is 13.9 Å². The Balaban J connectivity index is 2.56. The summed E-state index contributed by atoms with van der Waals surface area (Å²) in [5, 5.41) is 0.0857. The Morgan fingerprint density at radius 3 is 2.94 bits per heavy atom. The summed E-state index contributed by atoms with van der Waals surface area (Å²) in [6, 6.07) is 4.46. The Morgan fingerprint density at radius 2 is 2.31 bits per heavy atom. The molecule has 0 unspecified atom stereocenters. The number of halogens is 2. The summed E-state index contributed by atoms with van der Waals surface area (Å²) >= 11 is 5.53. The molecule has 1 aromatic rings. The van der Waals surface area contributed by atoms with Gasteiger partial charge in [0, 0.05) is 0 Å². The van der Waals surface area contributed by atoms with E-state index in [0.29, 0.717) is 12.2 Å². The van der Waals surface area contributed by atoms with E-state index in [-0.39, 0.29) is 17.4 Å². The first kappa shape index (κ1) is 12.7. The normalized spacial score (nSPS) is 10.7. The Hall–Kier alpha value is -1.35. The number of carbonyl (C=O) groups excluding carboxylic acids is 1. The van der Waals surface area contributed by atoms with Crippen LogP contribution in [0, 0.1) is 5.82 Å². The molecular formula is C12H12ClFO2. The van der Waals surface area contributed by atoms with Gasteiger partial charge in [0.15, 0.2) is 0 Å². The molecular weight excluding hydrogens is 231 g/mol. The smallest absolute Gasteiger partial charge is 0.309 e. The lowest BCUT2D eigenvalue weighted by Gasteiger charge is -1.98. The Bertz CT molecular complexity index is 402. The van der Waals surface area contributed by atoms with Gasteiger partial charge in [0.05, 0.1) is 18.1 Å². The maximum Gasteiger partial charge on any atom is 0.309 e. The number of carbonyl (C=O) groups is 1. The summed E-state index contributed by atoms with van der Waals surface area (Å²) in [7, 11) is 0. The number of rotatable bonds is 4. The van der Waals surface area contributed by atoms with Crippen LogP contribution in [0.4, 0.5) is 4.39 Å². The third-order valence-corrected chi connectivity index (χ3v) is 2.15. The van der Waals surface area contributed by atoms with Gasteiger partial charge in [0.25, 0.3) is 0 Å². The minimum Gasteiger partial charge on any atom is -0.466 e. The van der Waals surface area contributed by atoms with Crippen LogP contribution >= 0.6 is 11.6 Å². The van der Waals surface area contributed by atoms with Crippen molar-refractivity contribution in [2.75, 3.05) is 6.61 Å². The van der Waals surface area contributed by atoms with Crippen molar-refractivity contribution >= 4 is 23.6 Å². The van der Waals surface area contributed by atoms with Gasteiger partial charge < -0.3 is 4.74 Å². The van der Waals surface area contributed by atoms with Gasteiger partial charge >= 0.3 is 5.97 Å². The van der Waals surface area contributed by atoms with Crippen LogP contribution in [0.1, 0.15) is 18.9 Å². The highest BCUT2D eigenvalue weighted by atomic mass is 35.5. The minimum atomic E-state index is -0.472. The van der Waals surface area contributed by atoms with Crippen LogP contribution in [-0.2, 0) is 9.53 Å². The first-order valence-electron chi connectivity index (χ1n) is 4.90. The molecule has 0 spiro atoms. The molecule has 0 atom stereocenters. The van der Waals surface area contributed by atoms with Crippen LogP contribution < -0.4 is 0 Å². The number of hydrogen-bond donors (Lipinski definition) is 0. The van der Waals surface area contributed by atoms with Crippen molar-refractivity contribution in [1.29, 1.82) is 0 Å². The summed E-state index contributed by atoms with van der Waals surface area (Å²) in [4.78, 5) is 11.0. The lowest BCUT2D eigenvalue weighted by Crippen LogP contribution is -2.01. The molecule has 1 aromatic carbocycles. The summed E-state index contributed by atoms with van der Waals surface area (Å²) < 4.78 is 17.8. The van der Waals surface area contributed by atoms with Crippen LogP contribution in [-0.4, -0.2) is 12.6 Å². The van der Waals surface area contributed by atoms with Crippen molar-refractivity contribution in [3.63, 3.8) is 0 Å². The molecule has 0 bridgehead atoms. The molecule has 0 aliphatic rings. The van der Waals surface area contributed by atoms with Crippen molar-refractivity contribution in [3.05, 3.63) is 40.7 Å². The molecule has 0 amide bonds. The number of benzene rings is 1. The zero-order valence-electron chi connectivity index (χ0n) is 8.87. The third-order valence-electron chi connectivity index (χ3n) is 1.84. The first-order chi connectivity index (χ1) is 7.63. The Morgan fingerprint density at radius 1 is 1.56 bits per heavy atom. The van der Waals surface area contributed by atoms with Crippen LogP contribution in [0.15, 0.2) is 24.3 Å². The molecule has 0 N–H and O–H groups in total. The molecule has 0 radical (unpaired) electrons. The highest BCUT2D eigenvalue weighted by Crippen LogP contribution is 2.16. The molecule has 0 saturated heterocycles. The molecule has 0 aliphatic heterocycles. The van der Waals surface area contributed by atoms with E-state index in [1.807, 2.05) is 0 Å². The summed E-state index contributed by atoms with van der Waals surface area (Å²) in [6.07, 6.45) is 3.45. The van der Waals surface area contributed by atoms with Crippen LogP contribution in [0.2, 0.25) is 5.02 Å². The molecule has 0 heterocycles. The second-order valence-electron chi connectivity index (χ2n) is 3.09. The van der Waals surface area contributed by atoms with Gasteiger partial charge in [-0.05, 0) is 24.6 Å². The van der Waals surface area contributed by atoms with Crippen molar-refractivity contribution in [2.45, 2.75) is 13.3 Å². The maximum absolute atomic E-state index is 13.0.